The molecule has 2 aliphatic heterocycles. The third kappa shape index (κ3) is 4.08. The quantitative estimate of drug-likeness (QED) is 0.437. The largest absolute Gasteiger partial charge is 0.465 e. The second-order valence-corrected chi connectivity index (χ2v) is 6.99. The van der Waals surface area contributed by atoms with Gasteiger partial charge in [-0.3, -0.25) is 15.0 Å². The maximum atomic E-state index is 11.7. The van der Waals surface area contributed by atoms with Crippen molar-refractivity contribution in [2.45, 2.75) is 6.42 Å². The monoisotopic (exact) mass is 383 g/mol. The van der Waals surface area contributed by atoms with Gasteiger partial charge < -0.3 is 14.4 Å². The summed E-state index contributed by atoms with van der Waals surface area (Å²) in [6.45, 7) is 5.63. The summed E-state index contributed by atoms with van der Waals surface area (Å²) in [5.41, 5.74) is 0.313. The number of esters is 1. The summed E-state index contributed by atoms with van der Waals surface area (Å²) in [5, 5.41) is 11.6. The highest BCUT2D eigenvalue weighted by atomic mass is 35.5. The van der Waals surface area contributed by atoms with Crippen molar-refractivity contribution in [3.63, 3.8) is 0 Å². The zero-order chi connectivity index (χ0) is 18.7. The van der Waals surface area contributed by atoms with Crippen LogP contribution in [0.15, 0.2) is 12.1 Å². The molecule has 1 aromatic rings. The van der Waals surface area contributed by atoms with Crippen LogP contribution in [0.1, 0.15) is 16.8 Å². The van der Waals surface area contributed by atoms with E-state index in [1.165, 1.54) is 19.2 Å². The lowest BCUT2D eigenvalue weighted by molar-refractivity contribution is -0.384. The Morgan fingerprint density at radius 2 is 2.12 bits per heavy atom. The van der Waals surface area contributed by atoms with Crippen LogP contribution in [0.2, 0.25) is 5.02 Å². The number of ether oxygens (including phenoxy) is 2. The van der Waals surface area contributed by atoms with E-state index in [-0.39, 0.29) is 16.3 Å². The lowest BCUT2D eigenvalue weighted by Crippen LogP contribution is -2.48. The van der Waals surface area contributed by atoms with Crippen molar-refractivity contribution in [3.05, 3.63) is 32.8 Å². The van der Waals surface area contributed by atoms with Gasteiger partial charge in [-0.15, -0.1) is 0 Å². The molecule has 0 saturated carbocycles. The Balaban J connectivity index is 1.73. The number of piperazine rings is 1. The van der Waals surface area contributed by atoms with Crippen molar-refractivity contribution in [2.75, 3.05) is 57.9 Å². The molecular weight excluding hydrogens is 362 g/mol. The lowest BCUT2D eigenvalue weighted by atomic mass is 10.1. The summed E-state index contributed by atoms with van der Waals surface area (Å²) in [6, 6.07) is 2.69. The molecule has 1 unspecified atom stereocenters. The Morgan fingerprint density at radius 3 is 2.69 bits per heavy atom. The number of benzene rings is 1. The molecule has 0 aliphatic carbocycles. The van der Waals surface area contributed by atoms with Crippen LogP contribution in [-0.2, 0) is 9.47 Å². The Bertz CT molecular complexity index is 685. The van der Waals surface area contributed by atoms with E-state index < -0.39 is 10.9 Å². The van der Waals surface area contributed by atoms with E-state index in [9.17, 15) is 14.9 Å². The van der Waals surface area contributed by atoms with Crippen molar-refractivity contribution in [3.8, 4) is 0 Å². The predicted molar refractivity (Wildman–Crippen MR) is 97.0 cm³/mol. The van der Waals surface area contributed by atoms with Crippen molar-refractivity contribution in [2.24, 2.45) is 5.92 Å². The van der Waals surface area contributed by atoms with Gasteiger partial charge in [0.15, 0.2) is 0 Å². The smallest absolute Gasteiger partial charge is 0.339 e. The van der Waals surface area contributed by atoms with Crippen molar-refractivity contribution >= 4 is 28.9 Å². The number of carbonyl (C=O) groups is 1. The molecule has 0 aromatic heterocycles. The van der Waals surface area contributed by atoms with Gasteiger partial charge in [-0.05, 0) is 18.4 Å². The molecule has 3 rings (SSSR count). The summed E-state index contributed by atoms with van der Waals surface area (Å²) in [6.07, 6.45) is 1.09. The van der Waals surface area contributed by atoms with Gasteiger partial charge in [0.1, 0.15) is 5.69 Å². The number of rotatable bonds is 5. The number of anilines is 1. The molecular formula is C17H22ClN3O5. The van der Waals surface area contributed by atoms with Gasteiger partial charge in [0.25, 0.3) is 5.69 Å². The van der Waals surface area contributed by atoms with Crippen LogP contribution in [-0.4, -0.2) is 68.8 Å². The number of nitro benzene ring substituents is 1. The van der Waals surface area contributed by atoms with Crippen molar-refractivity contribution in [1.82, 2.24) is 4.90 Å². The number of halogens is 1. The second kappa shape index (κ2) is 8.20. The third-order valence-electron chi connectivity index (χ3n) is 4.92. The molecule has 0 spiro atoms. The van der Waals surface area contributed by atoms with E-state index in [2.05, 4.69) is 9.64 Å². The standard InChI is InChI=1S/C17H22ClN3O5/c1-25-17(22)13-8-16(21(23)24)15(9-14(13)18)20-5-3-19(4-6-20)10-12-2-7-26-11-12/h8-9,12H,2-7,10-11H2,1H3. The molecule has 142 valence electrons. The first-order valence-corrected chi connectivity index (χ1v) is 8.98. The summed E-state index contributed by atoms with van der Waals surface area (Å²) >= 11 is 6.17. The summed E-state index contributed by atoms with van der Waals surface area (Å²) in [5.74, 6) is -0.113. The van der Waals surface area contributed by atoms with Gasteiger partial charge in [-0.1, -0.05) is 11.6 Å². The molecule has 2 aliphatic rings. The zero-order valence-electron chi connectivity index (χ0n) is 14.6. The molecule has 9 heteroatoms. The topological polar surface area (TPSA) is 85.1 Å². The maximum absolute atomic E-state index is 11.7. The fourth-order valence-corrected chi connectivity index (χ4v) is 3.72. The number of methoxy groups -OCH3 is 1. The fourth-order valence-electron chi connectivity index (χ4n) is 3.48. The molecule has 0 amide bonds. The van der Waals surface area contributed by atoms with Gasteiger partial charge >= 0.3 is 5.97 Å². The summed E-state index contributed by atoms with van der Waals surface area (Å²) in [7, 11) is 1.22. The summed E-state index contributed by atoms with van der Waals surface area (Å²) in [4.78, 5) is 27.1. The number of hydrogen-bond acceptors (Lipinski definition) is 7. The maximum Gasteiger partial charge on any atom is 0.339 e. The second-order valence-electron chi connectivity index (χ2n) is 6.59. The molecule has 1 aromatic carbocycles. The minimum atomic E-state index is -0.687. The van der Waals surface area contributed by atoms with Gasteiger partial charge in [-0.2, -0.15) is 0 Å². The first-order chi connectivity index (χ1) is 12.5. The van der Waals surface area contributed by atoms with Crippen LogP contribution in [0.25, 0.3) is 0 Å². The van der Waals surface area contributed by atoms with Crippen LogP contribution in [0.3, 0.4) is 0 Å². The van der Waals surface area contributed by atoms with Crippen molar-refractivity contribution < 1.29 is 19.2 Å². The Morgan fingerprint density at radius 1 is 1.38 bits per heavy atom. The number of nitro groups is 1. The normalized spacial score (nSPS) is 21.0. The molecule has 1 atom stereocenters. The third-order valence-corrected chi connectivity index (χ3v) is 5.23. The molecule has 8 nitrogen and oxygen atoms in total. The first-order valence-electron chi connectivity index (χ1n) is 8.61. The van der Waals surface area contributed by atoms with E-state index in [0.717, 1.165) is 39.3 Å². The molecule has 2 heterocycles. The Kier molecular flexibility index (Phi) is 5.95. The van der Waals surface area contributed by atoms with Gasteiger partial charge in [0.05, 0.1) is 29.2 Å². The Labute approximate surface area is 156 Å². The minimum Gasteiger partial charge on any atom is -0.465 e. The number of hydrogen-bond donors (Lipinski definition) is 0. The minimum absolute atomic E-state index is 0.00415. The average molecular weight is 384 g/mol. The van der Waals surface area contributed by atoms with Gasteiger partial charge in [0, 0.05) is 45.4 Å². The molecule has 0 bridgehead atoms. The van der Waals surface area contributed by atoms with E-state index >= 15 is 0 Å². The average Bonchev–Trinajstić information content (AvgIpc) is 3.14. The molecule has 0 N–H and O–H groups in total. The van der Waals surface area contributed by atoms with E-state index in [1.807, 2.05) is 4.90 Å². The van der Waals surface area contributed by atoms with Crippen molar-refractivity contribution in [1.29, 1.82) is 0 Å². The molecule has 2 fully saturated rings. The molecule has 26 heavy (non-hydrogen) atoms. The number of nitrogens with zero attached hydrogens (tertiary/aromatic N) is 3. The highest BCUT2D eigenvalue weighted by Gasteiger charge is 2.28. The van der Waals surface area contributed by atoms with Gasteiger partial charge in [-0.25, -0.2) is 4.79 Å². The fraction of sp³-hybridized carbons (Fsp3) is 0.588. The van der Waals surface area contributed by atoms with Gasteiger partial charge in [0.2, 0.25) is 0 Å². The molecule has 2 saturated heterocycles. The van der Waals surface area contributed by atoms with E-state index in [0.29, 0.717) is 24.7 Å². The van der Waals surface area contributed by atoms with E-state index in [4.69, 9.17) is 16.3 Å². The zero-order valence-corrected chi connectivity index (χ0v) is 15.4. The van der Waals surface area contributed by atoms with Crippen LogP contribution < -0.4 is 4.90 Å². The van der Waals surface area contributed by atoms with E-state index in [1.54, 1.807) is 0 Å². The SMILES string of the molecule is COC(=O)c1cc([N+](=O)[O-])c(N2CCN(CC3CCOC3)CC2)cc1Cl. The van der Waals surface area contributed by atoms with Crippen LogP contribution in [0.4, 0.5) is 11.4 Å². The molecule has 0 radical (unpaired) electrons. The summed E-state index contributed by atoms with van der Waals surface area (Å²) < 4.78 is 10.1. The Hall–Kier alpha value is -1.90. The van der Waals surface area contributed by atoms with Crippen LogP contribution in [0.5, 0.6) is 0 Å². The first kappa shape index (κ1) is 18.9. The van der Waals surface area contributed by atoms with Crippen LogP contribution >= 0.6 is 11.6 Å². The highest BCUT2D eigenvalue weighted by Crippen LogP contribution is 2.35. The van der Waals surface area contributed by atoms with Crippen LogP contribution in [0, 0.1) is 16.0 Å². The number of carbonyl (C=O) groups excluding carboxylic acids is 1. The highest BCUT2D eigenvalue weighted by molar-refractivity contribution is 6.34. The lowest BCUT2D eigenvalue weighted by Gasteiger charge is -2.36. The predicted octanol–water partition coefficient (Wildman–Crippen LogP) is 2.19.